The smallest absolute Gasteiger partial charge is 0.159 e. The van der Waals surface area contributed by atoms with Gasteiger partial charge in [-0.05, 0) is 51.2 Å². The van der Waals surface area contributed by atoms with Gasteiger partial charge in [-0.15, -0.1) is 0 Å². The van der Waals surface area contributed by atoms with Gasteiger partial charge in [0.25, 0.3) is 0 Å². The minimum atomic E-state index is -0.788. The third-order valence-corrected chi connectivity index (χ3v) is 3.63. The molecular weight excluding hydrogens is 222 g/mol. The number of nitrogens with one attached hydrogen (secondary N) is 1. The molecule has 1 atom stereocenters. The van der Waals surface area contributed by atoms with Crippen molar-refractivity contribution in [3.63, 3.8) is 0 Å². The Morgan fingerprint density at radius 1 is 1.29 bits per heavy atom. The Morgan fingerprint density at radius 2 is 2.06 bits per heavy atom. The van der Waals surface area contributed by atoms with E-state index >= 15 is 0 Å². The van der Waals surface area contributed by atoms with E-state index in [2.05, 4.69) is 10.2 Å². The van der Waals surface area contributed by atoms with E-state index in [4.69, 9.17) is 0 Å². The molecule has 0 saturated carbocycles. The second kappa shape index (κ2) is 4.70. The molecule has 2 rings (SSSR count). The van der Waals surface area contributed by atoms with Crippen molar-refractivity contribution in [2.24, 2.45) is 0 Å². The van der Waals surface area contributed by atoms with Gasteiger partial charge in [0, 0.05) is 6.54 Å². The fourth-order valence-electron chi connectivity index (χ4n) is 2.65. The molecule has 1 aliphatic rings. The summed E-state index contributed by atoms with van der Waals surface area (Å²) in [5.74, 6) is -1.56. The van der Waals surface area contributed by atoms with Crippen LogP contribution < -0.4 is 5.32 Å². The van der Waals surface area contributed by atoms with E-state index in [1.165, 1.54) is 12.1 Å². The molecule has 0 aliphatic carbocycles. The molecule has 0 bridgehead atoms. The van der Waals surface area contributed by atoms with E-state index in [0.717, 1.165) is 31.5 Å². The molecule has 0 amide bonds. The minimum absolute atomic E-state index is 0.262. The molecule has 1 heterocycles. The molecule has 0 radical (unpaired) electrons. The summed E-state index contributed by atoms with van der Waals surface area (Å²) >= 11 is 0. The summed E-state index contributed by atoms with van der Waals surface area (Å²) in [6, 6.07) is 4.19. The van der Waals surface area contributed by atoms with E-state index in [1.54, 1.807) is 6.07 Å². The van der Waals surface area contributed by atoms with Crippen molar-refractivity contribution in [2.45, 2.75) is 18.4 Å². The molecular formula is C13H18F2N2. The van der Waals surface area contributed by atoms with Gasteiger partial charge in [-0.3, -0.25) is 0 Å². The van der Waals surface area contributed by atoms with E-state index in [-0.39, 0.29) is 5.54 Å². The first-order chi connectivity index (χ1) is 8.07. The molecule has 4 heteroatoms. The molecule has 1 unspecified atom stereocenters. The van der Waals surface area contributed by atoms with Crippen molar-refractivity contribution >= 4 is 0 Å². The van der Waals surface area contributed by atoms with E-state index in [1.807, 2.05) is 14.1 Å². The first kappa shape index (κ1) is 12.5. The van der Waals surface area contributed by atoms with E-state index in [9.17, 15) is 8.78 Å². The zero-order chi connectivity index (χ0) is 12.5. The quantitative estimate of drug-likeness (QED) is 0.851. The van der Waals surface area contributed by atoms with Crippen molar-refractivity contribution in [1.29, 1.82) is 0 Å². The van der Waals surface area contributed by atoms with Gasteiger partial charge in [-0.2, -0.15) is 0 Å². The summed E-state index contributed by atoms with van der Waals surface area (Å²) in [6.45, 7) is 1.86. The van der Waals surface area contributed by atoms with Crippen LogP contribution in [0.1, 0.15) is 18.4 Å². The molecule has 1 aromatic carbocycles. The molecule has 0 spiro atoms. The molecule has 1 N–H and O–H groups in total. The van der Waals surface area contributed by atoms with Gasteiger partial charge >= 0.3 is 0 Å². The zero-order valence-corrected chi connectivity index (χ0v) is 10.3. The van der Waals surface area contributed by atoms with Crippen LogP contribution in [0.5, 0.6) is 0 Å². The lowest BCUT2D eigenvalue weighted by Gasteiger charge is -2.42. The lowest BCUT2D eigenvalue weighted by Crippen LogP contribution is -2.52. The molecule has 1 saturated heterocycles. The summed E-state index contributed by atoms with van der Waals surface area (Å²) in [5, 5.41) is 3.28. The normalized spacial score (nSPS) is 26.1. The van der Waals surface area contributed by atoms with Crippen molar-refractivity contribution in [2.75, 3.05) is 27.2 Å². The number of piperidine rings is 1. The van der Waals surface area contributed by atoms with Gasteiger partial charge in [-0.25, -0.2) is 8.78 Å². The Labute approximate surface area is 101 Å². The van der Waals surface area contributed by atoms with Crippen LogP contribution in [0.3, 0.4) is 0 Å². The van der Waals surface area contributed by atoms with Crippen LogP contribution >= 0.6 is 0 Å². The summed E-state index contributed by atoms with van der Waals surface area (Å²) in [5.41, 5.74) is 0.562. The van der Waals surface area contributed by atoms with Gasteiger partial charge in [0.2, 0.25) is 0 Å². The summed E-state index contributed by atoms with van der Waals surface area (Å²) in [6.07, 6.45) is 2.00. The summed E-state index contributed by atoms with van der Waals surface area (Å²) in [4.78, 5) is 2.21. The number of likely N-dealkylation sites (N-methyl/N-ethyl adjacent to an activating group) is 2. The maximum Gasteiger partial charge on any atom is 0.159 e. The standard InChI is InChI=1S/C13H18F2N2/c1-16-13(6-3-7-17(2)9-13)10-4-5-11(14)12(15)8-10/h4-5,8,16H,3,6-7,9H2,1-2H3. The second-order valence-corrected chi connectivity index (χ2v) is 4.80. The molecule has 17 heavy (non-hydrogen) atoms. The Hall–Kier alpha value is -1.00. The highest BCUT2D eigenvalue weighted by Gasteiger charge is 2.34. The highest BCUT2D eigenvalue weighted by Crippen LogP contribution is 2.31. The molecule has 2 nitrogen and oxygen atoms in total. The van der Waals surface area contributed by atoms with E-state index < -0.39 is 11.6 Å². The van der Waals surface area contributed by atoms with Crippen LogP contribution in [-0.2, 0) is 5.54 Å². The highest BCUT2D eigenvalue weighted by atomic mass is 19.2. The van der Waals surface area contributed by atoms with Gasteiger partial charge in [0.05, 0.1) is 5.54 Å². The second-order valence-electron chi connectivity index (χ2n) is 4.80. The van der Waals surface area contributed by atoms with Crippen molar-refractivity contribution < 1.29 is 8.78 Å². The maximum absolute atomic E-state index is 13.3. The fourth-order valence-corrected chi connectivity index (χ4v) is 2.65. The number of rotatable bonds is 2. The third kappa shape index (κ3) is 2.33. The Kier molecular flexibility index (Phi) is 3.45. The van der Waals surface area contributed by atoms with Crippen LogP contribution in [-0.4, -0.2) is 32.1 Å². The molecule has 1 fully saturated rings. The number of hydrogen-bond donors (Lipinski definition) is 1. The van der Waals surface area contributed by atoms with Gasteiger partial charge in [-0.1, -0.05) is 6.07 Å². The monoisotopic (exact) mass is 240 g/mol. The lowest BCUT2D eigenvalue weighted by atomic mass is 9.82. The number of benzene rings is 1. The molecule has 0 aromatic heterocycles. The highest BCUT2D eigenvalue weighted by molar-refractivity contribution is 5.27. The van der Waals surface area contributed by atoms with Crippen molar-refractivity contribution in [3.05, 3.63) is 35.4 Å². The van der Waals surface area contributed by atoms with Gasteiger partial charge in [0.1, 0.15) is 0 Å². The summed E-state index contributed by atoms with van der Waals surface area (Å²) < 4.78 is 26.3. The first-order valence-corrected chi connectivity index (χ1v) is 5.90. The molecule has 1 aromatic rings. The largest absolute Gasteiger partial charge is 0.309 e. The maximum atomic E-state index is 13.3. The first-order valence-electron chi connectivity index (χ1n) is 5.90. The average molecular weight is 240 g/mol. The predicted octanol–water partition coefficient (Wildman–Crippen LogP) is 2.11. The topological polar surface area (TPSA) is 15.3 Å². The van der Waals surface area contributed by atoms with Gasteiger partial charge < -0.3 is 10.2 Å². The van der Waals surface area contributed by atoms with Crippen LogP contribution in [0.2, 0.25) is 0 Å². The zero-order valence-electron chi connectivity index (χ0n) is 10.3. The summed E-state index contributed by atoms with van der Waals surface area (Å²) in [7, 11) is 3.92. The third-order valence-electron chi connectivity index (χ3n) is 3.63. The van der Waals surface area contributed by atoms with Crippen LogP contribution in [0, 0.1) is 11.6 Å². The SMILES string of the molecule is CNC1(c2ccc(F)c(F)c2)CCCN(C)C1. The number of likely N-dealkylation sites (tertiary alicyclic amines) is 1. The minimum Gasteiger partial charge on any atom is -0.309 e. The van der Waals surface area contributed by atoms with Crippen LogP contribution in [0.15, 0.2) is 18.2 Å². The Balaban J connectivity index is 2.36. The molecule has 94 valence electrons. The number of hydrogen-bond acceptors (Lipinski definition) is 2. The lowest BCUT2D eigenvalue weighted by molar-refractivity contribution is 0.151. The Morgan fingerprint density at radius 3 is 2.65 bits per heavy atom. The Bertz CT molecular complexity index is 408. The number of nitrogens with zero attached hydrogens (tertiary/aromatic N) is 1. The fraction of sp³-hybridized carbons (Fsp3) is 0.538. The van der Waals surface area contributed by atoms with E-state index in [0.29, 0.717) is 0 Å². The predicted molar refractivity (Wildman–Crippen MR) is 63.8 cm³/mol. The van der Waals surface area contributed by atoms with Crippen LogP contribution in [0.25, 0.3) is 0 Å². The molecule has 1 aliphatic heterocycles. The van der Waals surface area contributed by atoms with Crippen LogP contribution in [0.4, 0.5) is 8.78 Å². The van der Waals surface area contributed by atoms with Crippen molar-refractivity contribution in [1.82, 2.24) is 10.2 Å². The average Bonchev–Trinajstić information content (AvgIpc) is 2.32. The van der Waals surface area contributed by atoms with Gasteiger partial charge in [0.15, 0.2) is 11.6 Å². The van der Waals surface area contributed by atoms with Crippen molar-refractivity contribution in [3.8, 4) is 0 Å². The number of halogens is 2.